The van der Waals surface area contributed by atoms with Gasteiger partial charge in [-0.25, -0.2) is 0 Å². The lowest BCUT2D eigenvalue weighted by molar-refractivity contribution is -0.145. The summed E-state index contributed by atoms with van der Waals surface area (Å²) in [5.41, 5.74) is 3.89. The molecule has 19 heteroatoms. The van der Waals surface area contributed by atoms with Crippen molar-refractivity contribution in [3.8, 4) is 0 Å². The van der Waals surface area contributed by atoms with E-state index in [0.29, 0.717) is 145 Å². The quantitative estimate of drug-likeness (QED) is 0.0163. The molecule has 0 aliphatic carbocycles. The number of Topliss-reactive ketones (excluding diaryl/α,β-unsaturated/α-hetero) is 1. The molecule has 4 fully saturated rings. The van der Waals surface area contributed by atoms with Crippen LogP contribution in [0.4, 0.5) is 0 Å². The normalized spacial score (nSPS) is 20.4. The van der Waals surface area contributed by atoms with Gasteiger partial charge in [-0.05, 0) is 199 Å². The number of rotatable bonds is 39. The molecule has 9 N–H and O–H groups in total. The van der Waals surface area contributed by atoms with Gasteiger partial charge in [0.05, 0.1) is 12.1 Å². The number of ketones is 1. The number of benzene rings is 7. The Kier molecular flexibility index (Phi) is 29.8. The van der Waals surface area contributed by atoms with E-state index in [1.54, 1.807) is 23.9 Å². The molecule has 0 bridgehead atoms. The van der Waals surface area contributed by atoms with Crippen molar-refractivity contribution in [2.45, 2.75) is 215 Å². The monoisotopic (exact) mass is 1490 g/mol. The number of nitrogens with one attached hydrogen (secondary N) is 9. The van der Waals surface area contributed by atoms with Crippen molar-refractivity contribution in [3.63, 3.8) is 0 Å². The summed E-state index contributed by atoms with van der Waals surface area (Å²) in [5, 5.41) is 29.5. The Morgan fingerprint density at radius 2 is 0.773 bits per heavy atom. The molecule has 1 unspecified atom stereocenters. The number of fused-ring (bicyclic) bond motifs is 2. The summed E-state index contributed by atoms with van der Waals surface area (Å²) in [6.45, 7) is 6.85. The smallest absolute Gasteiger partial charge is 0.255 e. The first-order valence-corrected chi connectivity index (χ1v) is 40.6. The highest BCUT2D eigenvalue weighted by atomic mass is 16.2. The molecule has 0 aromatic heterocycles. The van der Waals surface area contributed by atoms with Crippen molar-refractivity contribution in [2.24, 2.45) is 11.8 Å². The first-order valence-electron chi connectivity index (χ1n) is 40.6. The minimum Gasteiger partial charge on any atom is -0.353 e. The summed E-state index contributed by atoms with van der Waals surface area (Å²) >= 11 is 0. The lowest BCUT2D eigenvalue weighted by Gasteiger charge is -2.38. The van der Waals surface area contributed by atoms with E-state index >= 15 is 28.8 Å². The van der Waals surface area contributed by atoms with Crippen LogP contribution in [0, 0.1) is 11.8 Å². The molecule has 0 radical (unpaired) electrons. The number of carbonyl (C=O) groups is 8. The maximum Gasteiger partial charge on any atom is 0.255 e. The molecule has 110 heavy (non-hydrogen) atoms. The standard InChI is InChI=1S/C91H115N11O8/c1-5-76(92-3)83(104)97-81-68(57-60-94-62-66-32-15-7-16-33-66)49-51-74-53-55-78(101(74)87(81)108)85(106)99-90(70-36-19-10-20-37-70,71-38-21-11-22-39-71)80(103)44-27-9-14-30-64-45-47-65(48-46-64)31-28-29-59-96-89(110)91(72-40-23-12-24-41-72,73-42-25-13-26-43-73)100-86(107)79-56-54-75-52-50-69(58-61-95-63-67-34-17-8-18-35-67)82(88(109)102(75)79)98-84(105)77(6-2)93-4/h7-8,10-13,15-26,32-43,45-48,68-69,74-79,81-82,92-95H,5-6,9,14,27-31,44,49-63H2,1-4H3,(H,96,110)(H,97,104)(H,98,105)(H,99,106)(H,100,107)/t68-,69-,74+,75+,76+,77+,78+,79?,81+,82+/m1/s1. The molecule has 7 aromatic rings. The predicted octanol–water partition coefficient (Wildman–Crippen LogP) is 10.8. The summed E-state index contributed by atoms with van der Waals surface area (Å²) in [7, 11) is 3.49. The van der Waals surface area contributed by atoms with E-state index in [1.165, 1.54) is 11.1 Å². The molecule has 11 rings (SSSR count). The van der Waals surface area contributed by atoms with Crippen LogP contribution in [0.2, 0.25) is 0 Å². The number of hydrogen-bond donors (Lipinski definition) is 9. The highest BCUT2D eigenvalue weighted by Gasteiger charge is 2.53. The maximum atomic E-state index is 15.4. The fourth-order valence-corrected chi connectivity index (χ4v) is 17.4. The third-order valence-electron chi connectivity index (χ3n) is 23.6. The van der Waals surface area contributed by atoms with Crippen LogP contribution in [0.1, 0.15) is 174 Å². The van der Waals surface area contributed by atoms with Crippen molar-refractivity contribution in [1.29, 1.82) is 0 Å². The van der Waals surface area contributed by atoms with Crippen molar-refractivity contribution in [3.05, 3.63) is 251 Å². The van der Waals surface area contributed by atoms with E-state index in [1.807, 2.05) is 172 Å². The fraction of sp³-hybridized carbons (Fsp3) is 0.451. The van der Waals surface area contributed by atoms with Crippen LogP contribution in [0.25, 0.3) is 0 Å². The average molecular weight is 1490 g/mol. The highest BCUT2D eigenvalue weighted by molar-refractivity contribution is 6.01. The lowest BCUT2D eigenvalue weighted by atomic mass is 9.77. The highest BCUT2D eigenvalue weighted by Crippen LogP contribution is 2.40. The van der Waals surface area contributed by atoms with Gasteiger partial charge in [-0.3, -0.25) is 38.4 Å². The van der Waals surface area contributed by atoms with E-state index in [-0.39, 0.29) is 65.7 Å². The second kappa shape index (κ2) is 40.3. The van der Waals surface area contributed by atoms with Gasteiger partial charge in [0.1, 0.15) is 29.7 Å². The molecule has 0 spiro atoms. The molecule has 582 valence electrons. The fourth-order valence-electron chi connectivity index (χ4n) is 17.4. The number of carbonyl (C=O) groups excluding carboxylic acids is 8. The summed E-state index contributed by atoms with van der Waals surface area (Å²) in [6.07, 6.45) is 12.7. The average Bonchev–Trinajstić information content (AvgIpc) is 0.931. The van der Waals surface area contributed by atoms with Crippen LogP contribution in [0.15, 0.2) is 206 Å². The number of likely N-dealkylation sites (N-methyl/N-ethyl adjacent to an activating group) is 2. The van der Waals surface area contributed by atoms with Crippen LogP contribution in [-0.2, 0) is 75.4 Å². The van der Waals surface area contributed by atoms with Crippen LogP contribution in [0.3, 0.4) is 0 Å². The molecule has 7 amide bonds. The van der Waals surface area contributed by atoms with Crippen LogP contribution < -0.4 is 47.9 Å². The Bertz CT molecular complexity index is 3750. The summed E-state index contributed by atoms with van der Waals surface area (Å²) < 4.78 is 0. The summed E-state index contributed by atoms with van der Waals surface area (Å²) in [6, 6.07) is 61.7. The van der Waals surface area contributed by atoms with Crippen molar-refractivity contribution in [2.75, 3.05) is 33.7 Å². The van der Waals surface area contributed by atoms with Crippen molar-refractivity contribution in [1.82, 2.24) is 57.7 Å². The van der Waals surface area contributed by atoms with Crippen LogP contribution >= 0.6 is 0 Å². The van der Waals surface area contributed by atoms with Crippen molar-refractivity contribution < 1.29 is 38.4 Å². The number of hydrogen-bond acceptors (Lipinski definition) is 12. The predicted molar refractivity (Wildman–Crippen MR) is 432 cm³/mol. The Balaban J connectivity index is 0.701. The molecule has 4 saturated heterocycles. The zero-order valence-electron chi connectivity index (χ0n) is 64.7. The first kappa shape index (κ1) is 81.3. The molecule has 10 atom stereocenters. The van der Waals surface area contributed by atoms with Crippen molar-refractivity contribution >= 4 is 47.1 Å². The van der Waals surface area contributed by atoms with E-state index in [0.717, 1.165) is 43.2 Å². The van der Waals surface area contributed by atoms with E-state index in [9.17, 15) is 9.59 Å². The topological polar surface area (TPSA) is 251 Å². The maximum absolute atomic E-state index is 15.4. The molecule has 0 saturated carbocycles. The SMILES string of the molecule is CC[C@H](NC)C(=O)N[C@@H]1C(=O)N2C(C(=O)NC(C(=O)NCCCCc3ccc(CCCCCC(=O)C(NC(=O)[C@@H]4CC[C@@H]5CC[C@H](CCNCc6ccccc6)[C@H](NC(=O)[C@H](CC)NC)C(=O)N54)(c4ccccc4)c4ccccc4)cc3)(c3ccccc3)c3ccccc3)CC[C@@H]2CC[C@@H]1CCNCc1ccccc1. The van der Waals surface area contributed by atoms with Crippen LogP contribution in [-0.4, -0.2) is 139 Å². The lowest BCUT2D eigenvalue weighted by Crippen LogP contribution is -2.62. The largest absolute Gasteiger partial charge is 0.353 e. The minimum absolute atomic E-state index is 0.140. The molecule has 4 heterocycles. The van der Waals surface area contributed by atoms with E-state index in [2.05, 4.69) is 96.4 Å². The molecule has 19 nitrogen and oxygen atoms in total. The molecular formula is C91H115N11O8. The molecule has 7 aromatic carbocycles. The van der Waals surface area contributed by atoms with Gasteiger partial charge in [-0.2, -0.15) is 0 Å². The Hall–Kier alpha value is -9.66. The molecular weight excluding hydrogens is 1380 g/mol. The first-order chi connectivity index (χ1) is 53.7. The Morgan fingerprint density at radius 3 is 1.16 bits per heavy atom. The van der Waals surface area contributed by atoms with Crippen LogP contribution in [0.5, 0.6) is 0 Å². The Labute approximate surface area is 650 Å². The Morgan fingerprint density at radius 1 is 0.409 bits per heavy atom. The third-order valence-corrected chi connectivity index (χ3v) is 23.6. The van der Waals surface area contributed by atoms with Gasteiger partial charge in [0.25, 0.3) is 5.91 Å². The number of aryl methyl sites for hydroxylation is 2. The van der Waals surface area contributed by atoms with Gasteiger partial charge in [-0.15, -0.1) is 0 Å². The third kappa shape index (κ3) is 19.9. The van der Waals surface area contributed by atoms with E-state index < -0.39 is 59.1 Å². The minimum atomic E-state index is -1.66. The molecule has 4 aliphatic heterocycles. The number of amides is 7. The summed E-state index contributed by atoms with van der Waals surface area (Å²) in [5.74, 6) is -2.71. The zero-order chi connectivity index (χ0) is 77.2. The van der Waals surface area contributed by atoms with Gasteiger partial charge >= 0.3 is 0 Å². The van der Waals surface area contributed by atoms with Gasteiger partial charge in [0.2, 0.25) is 35.4 Å². The van der Waals surface area contributed by atoms with Gasteiger partial charge in [0, 0.05) is 38.1 Å². The number of unbranched alkanes of at least 4 members (excludes halogenated alkanes) is 3. The van der Waals surface area contributed by atoms with Gasteiger partial charge in [0.15, 0.2) is 11.3 Å². The van der Waals surface area contributed by atoms with Gasteiger partial charge in [-0.1, -0.05) is 227 Å². The number of nitrogens with zero attached hydrogens (tertiary/aromatic N) is 2. The van der Waals surface area contributed by atoms with E-state index in [4.69, 9.17) is 0 Å². The van der Waals surface area contributed by atoms with Gasteiger partial charge < -0.3 is 57.7 Å². The second-order valence-electron chi connectivity index (χ2n) is 30.5. The molecule has 4 aliphatic rings. The summed E-state index contributed by atoms with van der Waals surface area (Å²) in [4.78, 5) is 123. The zero-order valence-corrected chi connectivity index (χ0v) is 64.7. The second-order valence-corrected chi connectivity index (χ2v) is 30.5.